The minimum Gasteiger partial charge on any atom is -0.477 e. The highest BCUT2D eigenvalue weighted by Crippen LogP contribution is 2.22. The third-order valence-electron chi connectivity index (χ3n) is 1.94. The summed E-state index contributed by atoms with van der Waals surface area (Å²) >= 11 is 0. The molecule has 0 fully saturated rings. The maximum absolute atomic E-state index is 10.6. The fourth-order valence-corrected chi connectivity index (χ4v) is 1.31. The molecule has 0 saturated carbocycles. The number of rotatable bonds is 1. The van der Waals surface area contributed by atoms with Crippen molar-refractivity contribution < 1.29 is 14.7 Å². The SMILES string of the molecule is O=C(O)C1=C2CN=CCC2ON1. The molecule has 0 aliphatic carbocycles. The molecule has 0 amide bonds. The molecule has 0 bridgehead atoms. The fraction of sp³-hybridized carbons (Fsp3) is 0.429. The molecule has 5 heteroatoms. The van der Waals surface area contributed by atoms with Gasteiger partial charge in [-0.3, -0.25) is 15.3 Å². The Morgan fingerprint density at radius 2 is 2.67 bits per heavy atom. The number of carbonyl (C=O) groups is 1. The Morgan fingerprint density at radius 1 is 1.83 bits per heavy atom. The van der Waals surface area contributed by atoms with Crippen molar-refractivity contribution in [3.8, 4) is 0 Å². The minimum atomic E-state index is -0.982. The number of aliphatic imine (C=N–C) groups is 1. The standard InChI is InChI=1S/C7H8N2O3/c10-7(11)6-4-3-8-2-1-5(4)12-9-6/h2,5,9H,1,3H2,(H,10,11). The van der Waals surface area contributed by atoms with Crippen LogP contribution in [-0.2, 0) is 9.63 Å². The lowest BCUT2D eigenvalue weighted by Crippen LogP contribution is -2.18. The quantitative estimate of drug-likeness (QED) is 0.564. The summed E-state index contributed by atoms with van der Waals surface area (Å²) in [7, 11) is 0. The van der Waals surface area contributed by atoms with E-state index in [0.29, 0.717) is 13.0 Å². The van der Waals surface area contributed by atoms with E-state index < -0.39 is 5.97 Å². The van der Waals surface area contributed by atoms with Gasteiger partial charge in [-0.15, -0.1) is 0 Å². The van der Waals surface area contributed by atoms with Crippen molar-refractivity contribution in [1.82, 2.24) is 5.48 Å². The molecule has 12 heavy (non-hydrogen) atoms. The normalized spacial score (nSPS) is 26.8. The second-order valence-corrected chi connectivity index (χ2v) is 2.67. The van der Waals surface area contributed by atoms with E-state index in [0.717, 1.165) is 5.57 Å². The van der Waals surface area contributed by atoms with Crippen molar-refractivity contribution in [2.24, 2.45) is 4.99 Å². The molecule has 0 aromatic rings. The van der Waals surface area contributed by atoms with Gasteiger partial charge in [0.1, 0.15) is 11.8 Å². The Hall–Kier alpha value is -1.36. The summed E-state index contributed by atoms with van der Waals surface area (Å²) in [4.78, 5) is 19.6. The Balaban J connectivity index is 2.32. The van der Waals surface area contributed by atoms with Gasteiger partial charge in [0.2, 0.25) is 0 Å². The first-order valence-electron chi connectivity index (χ1n) is 3.65. The summed E-state index contributed by atoms with van der Waals surface area (Å²) in [5.41, 5.74) is 3.29. The van der Waals surface area contributed by atoms with E-state index in [9.17, 15) is 4.79 Å². The maximum atomic E-state index is 10.6. The molecule has 2 N–H and O–H groups in total. The number of aliphatic carboxylic acids is 1. The average Bonchev–Trinajstić information content (AvgIpc) is 2.47. The number of carboxylic acid groups (broad SMARTS) is 1. The molecule has 2 aliphatic heterocycles. The number of nitrogens with one attached hydrogen (secondary N) is 1. The van der Waals surface area contributed by atoms with Gasteiger partial charge in [0.25, 0.3) is 0 Å². The van der Waals surface area contributed by atoms with Gasteiger partial charge in [-0.2, -0.15) is 0 Å². The molecule has 0 saturated heterocycles. The molecule has 1 atom stereocenters. The van der Waals surface area contributed by atoms with Crippen molar-refractivity contribution in [1.29, 1.82) is 0 Å². The number of nitrogens with zero attached hydrogens (tertiary/aromatic N) is 1. The van der Waals surface area contributed by atoms with Crippen LogP contribution in [0.15, 0.2) is 16.3 Å². The highest BCUT2D eigenvalue weighted by atomic mass is 16.7. The zero-order chi connectivity index (χ0) is 8.55. The summed E-state index contributed by atoms with van der Waals surface area (Å²) in [5.74, 6) is -0.982. The number of hydroxylamine groups is 1. The Kier molecular flexibility index (Phi) is 1.58. The molecule has 5 nitrogen and oxygen atoms in total. The average molecular weight is 168 g/mol. The summed E-state index contributed by atoms with van der Waals surface area (Å²) in [6.07, 6.45) is 2.27. The van der Waals surface area contributed by atoms with Crippen molar-refractivity contribution in [2.45, 2.75) is 12.5 Å². The van der Waals surface area contributed by atoms with Crippen molar-refractivity contribution in [3.63, 3.8) is 0 Å². The largest absolute Gasteiger partial charge is 0.477 e. The van der Waals surface area contributed by atoms with Gasteiger partial charge >= 0.3 is 5.97 Å². The van der Waals surface area contributed by atoms with Crippen LogP contribution in [0.2, 0.25) is 0 Å². The first-order chi connectivity index (χ1) is 5.79. The number of fused-ring (bicyclic) bond motifs is 1. The van der Waals surface area contributed by atoms with Crippen molar-refractivity contribution in [2.75, 3.05) is 6.54 Å². The van der Waals surface area contributed by atoms with Crippen LogP contribution in [-0.4, -0.2) is 29.9 Å². The van der Waals surface area contributed by atoms with E-state index in [1.165, 1.54) is 0 Å². The molecule has 64 valence electrons. The third kappa shape index (κ3) is 0.984. The van der Waals surface area contributed by atoms with Crippen LogP contribution in [0.3, 0.4) is 0 Å². The van der Waals surface area contributed by atoms with Gasteiger partial charge < -0.3 is 5.11 Å². The Morgan fingerprint density at radius 3 is 3.42 bits per heavy atom. The van der Waals surface area contributed by atoms with Crippen LogP contribution in [0.5, 0.6) is 0 Å². The number of hydrogen-bond donors (Lipinski definition) is 2. The van der Waals surface area contributed by atoms with Gasteiger partial charge in [-0.1, -0.05) is 0 Å². The zero-order valence-electron chi connectivity index (χ0n) is 6.28. The summed E-state index contributed by atoms with van der Waals surface area (Å²) in [6, 6.07) is 0. The monoisotopic (exact) mass is 168 g/mol. The third-order valence-corrected chi connectivity index (χ3v) is 1.94. The topological polar surface area (TPSA) is 70.9 Å². The van der Waals surface area contributed by atoms with Crippen molar-refractivity contribution in [3.05, 3.63) is 11.3 Å². The van der Waals surface area contributed by atoms with Crippen molar-refractivity contribution >= 4 is 12.2 Å². The van der Waals surface area contributed by atoms with Crippen LogP contribution in [0.4, 0.5) is 0 Å². The van der Waals surface area contributed by atoms with Crippen LogP contribution in [0, 0.1) is 0 Å². The van der Waals surface area contributed by atoms with Crippen LogP contribution in [0.25, 0.3) is 0 Å². The fourth-order valence-electron chi connectivity index (χ4n) is 1.31. The zero-order valence-corrected chi connectivity index (χ0v) is 6.28. The lowest BCUT2D eigenvalue weighted by molar-refractivity contribution is -0.134. The molecule has 0 radical (unpaired) electrons. The van der Waals surface area contributed by atoms with Crippen LogP contribution in [0.1, 0.15) is 6.42 Å². The van der Waals surface area contributed by atoms with Gasteiger partial charge in [-0.25, -0.2) is 4.79 Å². The maximum Gasteiger partial charge on any atom is 0.354 e. The predicted molar refractivity (Wildman–Crippen MR) is 40.6 cm³/mol. The molecule has 0 spiro atoms. The molecule has 1 unspecified atom stereocenters. The Bertz CT molecular complexity index is 282. The molecule has 2 rings (SSSR count). The van der Waals surface area contributed by atoms with Crippen LogP contribution < -0.4 is 5.48 Å². The smallest absolute Gasteiger partial charge is 0.354 e. The first kappa shape index (κ1) is 7.30. The van der Waals surface area contributed by atoms with E-state index >= 15 is 0 Å². The lowest BCUT2D eigenvalue weighted by atomic mass is 10.0. The second kappa shape index (κ2) is 2.60. The minimum absolute atomic E-state index is 0.131. The molecule has 2 heterocycles. The summed E-state index contributed by atoms with van der Waals surface area (Å²) in [6.45, 7) is 0.430. The first-order valence-corrected chi connectivity index (χ1v) is 3.65. The van der Waals surface area contributed by atoms with Gasteiger partial charge in [0.15, 0.2) is 0 Å². The lowest BCUT2D eigenvalue weighted by Gasteiger charge is -2.11. The van der Waals surface area contributed by atoms with Gasteiger partial charge in [-0.05, 0) is 0 Å². The van der Waals surface area contributed by atoms with Gasteiger partial charge in [0.05, 0.1) is 6.54 Å². The van der Waals surface area contributed by atoms with E-state index in [1.54, 1.807) is 6.21 Å². The van der Waals surface area contributed by atoms with Gasteiger partial charge in [0, 0.05) is 18.2 Å². The molecule has 2 aliphatic rings. The molecule has 0 aromatic heterocycles. The number of carboxylic acids is 1. The Labute approximate surface area is 68.7 Å². The molecular weight excluding hydrogens is 160 g/mol. The highest BCUT2D eigenvalue weighted by Gasteiger charge is 2.30. The second-order valence-electron chi connectivity index (χ2n) is 2.67. The van der Waals surface area contributed by atoms with E-state index in [4.69, 9.17) is 9.94 Å². The van der Waals surface area contributed by atoms with E-state index in [-0.39, 0.29) is 11.8 Å². The summed E-state index contributed by atoms with van der Waals surface area (Å²) < 4.78 is 0. The summed E-state index contributed by atoms with van der Waals surface area (Å²) in [5, 5.41) is 8.70. The predicted octanol–water partition coefficient (Wildman–Crippen LogP) is -0.297. The van der Waals surface area contributed by atoms with E-state index in [2.05, 4.69) is 10.5 Å². The number of hydrogen-bond acceptors (Lipinski definition) is 4. The van der Waals surface area contributed by atoms with Crippen LogP contribution >= 0.6 is 0 Å². The van der Waals surface area contributed by atoms with E-state index in [1.807, 2.05) is 0 Å². The molecular formula is C7H8N2O3. The highest BCUT2D eigenvalue weighted by molar-refractivity contribution is 5.87. The molecule has 0 aromatic carbocycles.